The van der Waals surface area contributed by atoms with E-state index in [1.54, 1.807) is 37.3 Å². The minimum atomic E-state index is -3.67. The summed E-state index contributed by atoms with van der Waals surface area (Å²) >= 11 is 0. The summed E-state index contributed by atoms with van der Waals surface area (Å²) in [5.41, 5.74) is 3.88. The van der Waals surface area contributed by atoms with Gasteiger partial charge in [0, 0.05) is 25.8 Å². The molecule has 3 rings (SSSR count). The molecule has 1 amide bonds. The Bertz CT molecular complexity index is 1050. The molecule has 1 fully saturated rings. The number of carbonyl (C=O) groups is 1. The minimum Gasteiger partial charge on any atom is -0.496 e. The summed E-state index contributed by atoms with van der Waals surface area (Å²) in [6.07, 6.45) is 1.34. The van der Waals surface area contributed by atoms with Crippen LogP contribution in [0.1, 0.15) is 29.5 Å². The Kier molecular flexibility index (Phi) is 6.53. The summed E-state index contributed by atoms with van der Waals surface area (Å²) in [6, 6.07) is 10.8. The Morgan fingerprint density at radius 3 is 2.43 bits per heavy atom. The maximum atomic E-state index is 13.2. The maximum Gasteiger partial charge on any atom is 0.243 e. The second-order valence-corrected chi connectivity index (χ2v) is 9.94. The van der Waals surface area contributed by atoms with Crippen molar-refractivity contribution in [1.82, 2.24) is 4.31 Å². The Labute approximate surface area is 179 Å². The molecule has 162 valence electrons. The Hall–Kier alpha value is -2.38. The molecule has 1 heterocycles. The van der Waals surface area contributed by atoms with Crippen molar-refractivity contribution in [2.45, 2.75) is 38.5 Å². The first-order valence-corrected chi connectivity index (χ1v) is 11.6. The largest absolute Gasteiger partial charge is 0.496 e. The average Bonchev–Trinajstić information content (AvgIpc) is 2.74. The molecule has 6 nitrogen and oxygen atoms in total. The van der Waals surface area contributed by atoms with Gasteiger partial charge in [-0.2, -0.15) is 4.31 Å². The molecule has 2 aromatic carbocycles. The number of methoxy groups -OCH3 is 1. The molecule has 0 saturated carbocycles. The molecule has 1 aliphatic heterocycles. The molecule has 1 saturated heterocycles. The van der Waals surface area contributed by atoms with Gasteiger partial charge >= 0.3 is 0 Å². The lowest BCUT2D eigenvalue weighted by molar-refractivity contribution is -0.123. The van der Waals surface area contributed by atoms with E-state index in [4.69, 9.17) is 4.74 Å². The van der Waals surface area contributed by atoms with Crippen LogP contribution >= 0.6 is 0 Å². The second kappa shape index (κ2) is 8.78. The number of nitrogens with zero attached hydrogens (tertiary/aromatic N) is 2. The summed E-state index contributed by atoms with van der Waals surface area (Å²) in [5.74, 6) is 0.235. The molecule has 2 aromatic rings. The van der Waals surface area contributed by atoms with Gasteiger partial charge in [0.05, 0.1) is 17.9 Å². The van der Waals surface area contributed by atoms with E-state index in [1.807, 2.05) is 39.0 Å². The molecule has 0 aromatic heterocycles. The molecule has 30 heavy (non-hydrogen) atoms. The highest BCUT2D eigenvalue weighted by atomic mass is 32.2. The van der Waals surface area contributed by atoms with Crippen LogP contribution in [-0.4, -0.2) is 45.9 Å². The highest BCUT2D eigenvalue weighted by Crippen LogP contribution is 2.29. The van der Waals surface area contributed by atoms with Gasteiger partial charge in [-0.15, -0.1) is 0 Å². The normalized spacial score (nSPS) is 17.6. The number of amides is 1. The number of hydrogen-bond acceptors (Lipinski definition) is 4. The fourth-order valence-corrected chi connectivity index (χ4v) is 5.47. The number of piperidine rings is 1. The predicted molar refractivity (Wildman–Crippen MR) is 119 cm³/mol. The van der Waals surface area contributed by atoms with E-state index in [0.29, 0.717) is 25.1 Å². The van der Waals surface area contributed by atoms with E-state index in [-0.39, 0.29) is 23.3 Å². The number of aryl methyl sites for hydroxylation is 3. The molecule has 0 aliphatic carbocycles. The summed E-state index contributed by atoms with van der Waals surface area (Å²) in [5, 5.41) is 0. The highest BCUT2D eigenvalue weighted by molar-refractivity contribution is 7.89. The fraction of sp³-hybridized carbons (Fsp3) is 0.435. The van der Waals surface area contributed by atoms with Gasteiger partial charge in [-0.3, -0.25) is 4.79 Å². The predicted octanol–water partition coefficient (Wildman–Crippen LogP) is 3.68. The monoisotopic (exact) mass is 430 g/mol. The van der Waals surface area contributed by atoms with Crippen LogP contribution in [0.2, 0.25) is 0 Å². The number of rotatable bonds is 5. The van der Waals surface area contributed by atoms with Crippen LogP contribution < -0.4 is 9.64 Å². The van der Waals surface area contributed by atoms with E-state index in [9.17, 15) is 13.2 Å². The molecular formula is C23H30N2O4S. The zero-order chi connectivity index (χ0) is 22.1. The minimum absolute atomic E-state index is 0.0518. The van der Waals surface area contributed by atoms with E-state index >= 15 is 0 Å². The van der Waals surface area contributed by atoms with Crippen molar-refractivity contribution < 1.29 is 17.9 Å². The van der Waals surface area contributed by atoms with Crippen LogP contribution in [0.5, 0.6) is 5.75 Å². The first kappa shape index (κ1) is 22.3. The topological polar surface area (TPSA) is 66.9 Å². The summed E-state index contributed by atoms with van der Waals surface area (Å²) in [6.45, 7) is 6.49. The SMILES string of the molecule is COc1ccc(S(=O)(=O)N2CCCC(C(=O)N(C)c3ccc(C)c(C)c3)C2)cc1C. The van der Waals surface area contributed by atoms with Gasteiger partial charge < -0.3 is 9.64 Å². The van der Waals surface area contributed by atoms with Gasteiger partial charge in [-0.25, -0.2) is 8.42 Å². The van der Waals surface area contributed by atoms with Gasteiger partial charge in [0.25, 0.3) is 0 Å². The van der Waals surface area contributed by atoms with Crippen molar-refractivity contribution in [2.75, 3.05) is 32.1 Å². The molecule has 0 N–H and O–H groups in total. The van der Waals surface area contributed by atoms with Gasteiger partial charge in [0.2, 0.25) is 15.9 Å². The molecule has 0 radical (unpaired) electrons. The molecule has 1 unspecified atom stereocenters. The lowest BCUT2D eigenvalue weighted by Gasteiger charge is -2.33. The third-order valence-corrected chi connectivity index (χ3v) is 7.81. The Morgan fingerprint density at radius 1 is 1.07 bits per heavy atom. The Balaban J connectivity index is 1.79. The summed E-state index contributed by atoms with van der Waals surface area (Å²) in [7, 11) is -0.356. The fourth-order valence-electron chi connectivity index (χ4n) is 3.86. The van der Waals surface area contributed by atoms with Crippen molar-refractivity contribution >= 4 is 21.6 Å². The third-order valence-electron chi connectivity index (χ3n) is 5.95. The number of carbonyl (C=O) groups excluding carboxylic acids is 1. The van der Waals surface area contributed by atoms with Crippen LogP contribution in [0.15, 0.2) is 41.3 Å². The van der Waals surface area contributed by atoms with Crippen molar-refractivity contribution in [3.63, 3.8) is 0 Å². The van der Waals surface area contributed by atoms with Crippen LogP contribution in [0, 0.1) is 26.7 Å². The zero-order valence-corrected chi connectivity index (χ0v) is 19.1. The van der Waals surface area contributed by atoms with Gasteiger partial charge in [-0.05, 0) is 80.6 Å². The third kappa shape index (κ3) is 4.37. The maximum absolute atomic E-state index is 13.2. The van der Waals surface area contributed by atoms with Crippen LogP contribution in [0.4, 0.5) is 5.69 Å². The smallest absolute Gasteiger partial charge is 0.243 e. The van der Waals surface area contributed by atoms with Gasteiger partial charge in [0.1, 0.15) is 5.75 Å². The van der Waals surface area contributed by atoms with Gasteiger partial charge in [-0.1, -0.05) is 6.07 Å². The number of anilines is 1. The van der Waals surface area contributed by atoms with E-state index < -0.39 is 10.0 Å². The molecule has 1 aliphatic rings. The standard InChI is InChI=1S/C23H30N2O4S/c1-16-8-9-20(13-17(16)2)24(4)23(26)19-7-6-12-25(15-19)30(27,28)21-10-11-22(29-5)18(3)14-21/h8-11,13-14,19H,6-7,12,15H2,1-5H3. The molecule has 0 spiro atoms. The van der Waals surface area contributed by atoms with Crippen molar-refractivity contribution in [3.05, 3.63) is 53.1 Å². The second-order valence-electron chi connectivity index (χ2n) is 8.00. The number of ether oxygens (including phenoxy) is 1. The molecule has 1 atom stereocenters. The first-order valence-electron chi connectivity index (χ1n) is 10.1. The van der Waals surface area contributed by atoms with E-state index in [2.05, 4.69) is 0 Å². The van der Waals surface area contributed by atoms with Crippen molar-refractivity contribution in [3.8, 4) is 5.75 Å². The molecule has 0 bridgehead atoms. The van der Waals surface area contributed by atoms with Gasteiger partial charge in [0.15, 0.2) is 0 Å². The number of sulfonamides is 1. The van der Waals surface area contributed by atoms with E-state index in [0.717, 1.165) is 16.8 Å². The Morgan fingerprint density at radius 2 is 1.80 bits per heavy atom. The number of benzene rings is 2. The first-order chi connectivity index (χ1) is 14.1. The lowest BCUT2D eigenvalue weighted by Crippen LogP contribution is -2.46. The lowest BCUT2D eigenvalue weighted by atomic mass is 9.98. The van der Waals surface area contributed by atoms with Crippen LogP contribution in [-0.2, 0) is 14.8 Å². The van der Waals surface area contributed by atoms with Crippen molar-refractivity contribution in [2.24, 2.45) is 5.92 Å². The zero-order valence-electron chi connectivity index (χ0n) is 18.3. The molecule has 7 heteroatoms. The summed E-state index contributed by atoms with van der Waals surface area (Å²) < 4.78 is 33.0. The number of hydrogen-bond donors (Lipinski definition) is 0. The average molecular weight is 431 g/mol. The quantitative estimate of drug-likeness (QED) is 0.726. The molecular weight excluding hydrogens is 400 g/mol. The van der Waals surface area contributed by atoms with Crippen LogP contribution in [0.25, 0.3) is 0 Å². The summed E-state index contributed by atoms with van der Waals surface area (Å²) in [4.78, 5) is 15.0. The highest BCUT2D eigenvalue weighted by Gasteiger charge is 2.35. The van der Waals surface area contributed by atoms with E-state index in [1.165, 1.54) is 9.87 Å². The van der Waals surface area contributed by atoms with Crippen LogP contribution in [0.3, 0.4) is 0 Å². The van der Waals surface area contributed by atoms with Crippen molar-refractivity contribution in [1.29, 1.82) is 0 Å².